The fourth-order valence-corrected chi connectivity index (χ4v) is 14.5. The standard InChI is InChI=1S/C47H67ClN2O6/c1-28(2)39-32(51)23-47(35-26-50(37(52)27-49(35)10)25-29-11-13-30(48)14-12-29)22-21-45(8)31(40(39)47)15-16-34-44(7)19-18-36(56-38(53)24-42(3,4)41(54)55)43(5,6)33(44)17-20-46(34,45)9/h11-14,28,31,33-36H,15-27H2,1-10H3,(H,54,55)/t31-,33+,34-,35-,36?,44+,45-,46-,47+/m1/s1. The third kappa shape index (κ3) is 6.23. The highest BCUT2D eigenvalue weighted by molar-refractivity contribution is 6.30. The van der Waals surface area contributed by atoms with Crippen LogP contribution in [0.1, 0.15) is 132 Å². The second-order valence-corrected chi connectivity index (χ2v) is 21.8. The molecule has 5 aliphatic carbocycles. The first-order valence-electron chi connectivity index (χ1n) is 21.4. The van der Waals surface area contributed by atoms with Gasteiger partial charge in [-0.15, -0.1) is 0 Å². The van der Waals surface area contributed by atoms with E-state index in [9.17, 15) is 24.3 Å². The Hall–Kier alpha value is -2.71. The molecule has 7 rings (SSSR count). The number of ether oxygens (including phenoxy) is 1. The number of allylic oxidation sites excluding steroid dienone is 1. The smallest absolute Gasteiger partial charge is 0.309 e. The molecule has 1 aromatic carbocycles. The van der Waals surface area contributed by atoms with Crippen molar-refractivity contribution in [3.05, 3.63) is 46.0 Å². The number of hydrogen-bond donors (Lipinski definition) is 1. The minimum absolute atomic E-state index is 0.00934. The van der Waals surface area contributed by atoms with Gasteiger partial charge >= 0.3 is 11.9 Å². The van der Waals surface area contributed by atoms with Crippen LogP contribution in [0.15, 0.2) is 35.4 Å². The molecular formula is C47H67ClN2O6. The lowest BCUT2D eigenvalue weighted by atomic mass is 9.32. The molecule has 0 bridgehead atoms. The van der Waals surface area contributed by atoms with Crippen molar-refractivity contribution in [2.24, 2.45) is 56.2 Å². The van der Waals surface area contributed by atoms with Crippen molar-refractivity contribution in [3.63, 3.8) is 0 Å². The van der Waals surface area contributed by atoms with Crippen LogP contribution in [0.4, 0.5) is 0 Å². The van der Waals surface area contributed by atoms with Crippen LogP contribution in [0.5, 0.6) is 0 Å². The number of piperazine rings is 1. The molecule has 0 spiro atoms. The van der Waals surface area contributed by atoms with Gasteiger partial charge in [0, 0.05) is 41.4 Å². The molecule has 1 heterocycles. The molecule has 1 aliphatic heterocycles. The number of rotatable bonds is 8. The molecular weight excluding hydrogens is 724 g/mol. The second-order valence-electron chi connectivity index (χ2n) is 21.4. The highest BCUT2D eigenvalue weighted by Crippen LogP contribution is 2.77. The molecule has 1 N–H and O–H groups in total. The quantitative estimate of drug-likeness (QED) is 0.262. The summed E-state index contributed by atoms with van der Waals surface area (Å²) in [6, 6.07) is 7.85. The summed E-state index contributed by atoms with van der Waals surface area (Å²) in [5.41, 5.74) is 2.01. The molecule has 1 unspecified atom stereocenters. The summed E-state index contributed by atoms with van der Waals surface area (Å²) in [5.74, 6) is 0.349. The van der Waals surface area contributed by atoms with E-state index in [4.69, 9.17) is 16.3 Å². The van der Waals surface area contributed by atoms with Gasteiger partial charge in [-0.05, 0) is 135 Å². The van der Waals surface area contributed by atoms with E-state index in [1.165, 1.54) is 5.57 Å². The summed E-state index contributed by atoms with van der Waals surface area (Å²) in [6.07, 6.45) is 8.26. The van der Waals surface area contributed by atoms with Gasteiger partial charge in [0.05, 0.1) is 18.4 Å². The lowest BCUT2D eigenvalue weighted by Gasteiger charge is -2.72. The third-order valence-corrected chi connectivity index (χ3v) is 17.7. The number of carboxylic acids is 1. The number of carbonyl (C=O) groups excluding carboxylic acids is 3. The summed E-state index contributed by atoms with van der Waals surface area (Å²) >= 11 is 6.21. The van der Waals surface area contributed by atoms with E-state index < -0.39 is 17.4 Å². The average Bonchev–Trinajstić information content (AvgIpc) is 3.41. The Labute approximate surface area is 340 Å². The molecule has 308 valence electrons. The number of fused-ring (bicyclic) bond motifs is 7. The van der Waals surface area contributed by atoms with Gasteiger partial charge in [0.1, 0.15) is 6.10 Å². The van der Waals surface area contributed by atoms with E-state index in [1.807, 2.05) is 29.2 Å². The Balaban J connectivity index is 1.19. The lowest BCUT2D eigenvalue weighted by molar-refractivity contribution is -0.234. The molecule has 56 heavy (non-hydrogen) atoms. The summed E-state index contributed by atoms with van der Waals surface area (Å²) in [4.78, 5) is 57.3. The number of amides is 1. The molecule has 0 radical (unpaired) electrons. The Kier molecular flexibility index (Phi) is 10.3. The predicted molar refractivity (Wildman–Crippen MR) is 219 cm³/mol. The van der Waals surface area contributed by atoms with Crippen molar-refractivity contribution < 1.29 is 29.0 Å². The Morgan fingerprint density at radius 3 is 2.25 bits per heavy atom. The fraction of sp³-hybridized carbons (Fsp3) is 0.745. The van der Waals surface area contributed by atoms with Gasteiger partial charge in [0.15, 0.2) is 5.78 Å². The van der Waals surface area contributed by atoms with Gasteiger partial charge in [-0.2, -0.15) is 0 Å². The van der Waals surface area contributed by atoms with Crippen molar-refractivity contribution in [2.45, 2.75) is 145 Å². The fourth-order valence-electron chi connectivity index (χ4n) is 14.3. The van der Waals surface area contributed by atoms with Gasteiger partial charge in [0.25, 0.3) is 0 Å². The van der Waals surface area contributed by atoms with Crippen LogP contribution in [0.2, 0.25) is 5.02 Å². The Bertz CT molecular complexity index is 1820. The van der Waals surface area contributed by atoms with Gasteiger partial charge < -0.3 is 14.7 Å². The molecule has 4 saturated carbocycles. The van der Waals surface area contributed by atoms with E-state index in [-0.39, 0.29) is 57.5 Å². The maximum absolute atomic E-state index is 14.4. The van der Waals surface area contributed by atoms with Crippen LogP contribution >= 0.6 is 11.6 Å². The van der Waals surface area contributed by atoms with Crippen LogP contribution in [-0.2, 0) is 30.5 Å². The Morgan fingerprint density at radius 1 is 0.929 bits per heavy atom. The number of Topliss-reactive ketones (excluding diaryl/α,β-unsaturated/α-hetero) is 1. The third-order valence-electron chi connectivity index (χ3n) is 17.4. The topological polar surface area (TPSA) is 104 Å². The van der Waals surface area contributed by atoms with Crippen molar-refractivity contribution in [3.8, 4) is 0 Å². The number of carboxylic acid groups (broad SMARTS) is 1. The first-order valence-corrected chi connectivity index (χ1v) is 21.8. The van der Waals surface area contributed by atoms with Gasteiger partial charge in [0.2, 0.25) is 5.91 Å². The average molecular weight is 792 g/mol. The number of carbonyl (C=O) groups is 4. The van der Waals surface area contributed by atoms with Crippen LogP contribution < -0.4 is 0 Å². The van der Waals surface area contributed by atoms with Crippen molar-refractivity contribution >= 4 is 35.2 Å². The lowest BCUT2D eigenvalue weighted by Crippen LogP contribution is -2.67. The normalized spacial score (nSPS) is 38.5. The van der Waals surface area contributed by atoms with Crippen molar-refractivity contribution in [1.82, 2.24) is 9.80 Å². The zero-order chi connectivity index (χ0) is 41.0. The van der Waals surface area contributed by atoms with Crippen LogP contribution in [0.3, 0.4) is 0 Å². The van der Waals surface area contributed by atoms with E-state index in [2.05, 4.69) is 60.4 Å². The van der Waals surface area contributed by atoms with Crippen molar-refractivity contribution in [1.29, 1.82) is 0 Å². The zero-order valence-electron chi connectivity index (χ0n) is 35.7. The number of hydrogen-bond acceptors (Lipinski definition) is 6. The highest BCUT2D eigenvalue weighted by Gasteiger charge is 2.71. The molecule has 1 aromatic rings. The summed E-state index contributed by atoms with van der Waals surface area (Å²) < 4.78 is 6.20. The number of halogens is 1. The maximum atomic E-state index is 14.4. The number of benzene rings is 1. The summed E-state index contributed by atoms with van der Waals surface area (Å²) in [5, 5.41) is 10.3. The van der Waals surface area contributed by atoms with E-state index in [0.717, 1.165) is 62.5 Å². The number of esters is 1. The van der Waals surface area contributed by atoms with E-state index in [1.54, 1.807) is 13.8 Å². The van der Waals surface area contributed by atoms with Gasteiger partial charge in [-0.3, -0.25) is 24.1 Å². The van der Waals surface area contributed by atoms with Gasteiger partial charge in [-0.25, -0.2) is 0 Å². The summed E-state index contributed by atoms with van der Waals surface area (Å²) in [7, 11) is 2.10. The van der Waals surface area contributed by atoms with Crippen LogP contribution in [-0.4, -0.2) is 70.8 Å². The van der Waals surface area contributed by atoms with Crippen LogP contribution in [0.25, 0.3) is 0 Å². The molecule has 1 saturated heterocycles. The number of nitrogens with zero attached hydrogens (tertiary/aromatic N) is 2. The molecule has 1 amide bonds. The number of ketones is 1. The zero-order valence-corrected chi connectivity index (χ0v) is 36.5. The molecule has 9 atom stereocenters. The first kappa shape index (κ1) is 41.4. The summed E-state index contributed by atoms with van der Waals surface area (Å²) in [6.45, 7) is 21.4. The molecule has 9 heteroatoms. The minimum Gasteiger partial charge on any atom is -0.481 e. The number of aliphatic carboxylic acids is 1. The predicted octanol–water partition coefficient (Wildman–Crippen LogP) is 9.38. The second kappa shape index (κ2) is 14.0. The molecule has 5 fully saturated rings. The number of likely N-dealkylation sites (N-methyl/N-ethyl adjacent to an activating group) is 1. The monoisotopic (exact) mass is 790 g/mol. The molecule has 8 nitrogen and oxygen atoms in total. The molecule has 0 aromatic heterocycles. The first-order chi connectivity index (χ1) is 26.0. The van der Waals surface area contributed by atoms with Gasteiger partial charge in [-0.1, -0.05) is 77.8 Å². The van der Waals surface area contributed by atoms with Crippen molar-refractivity contribution in [2.75, 3.05) is 20.1 Å². The minimum atomic E-state index is -1.17. The van der Waals surface area contributed by atoms with Crippen LogP contribution in [0, 0.1) is 56.2 Å². The molecule has 6 aliphatic rings. The maximum Gasteiger partial charge on any atom is 0.309 e. The Morgan fingerprint density at radius 2 is 1.61 bits per heavy atom. The van der Waals surface area contributed by atoms with E-state index in [0.29, 0.717) is 54.6 Å². The highest BCUT2D eigenvalue weighted by atomic mass is 35.5. The van der Waals surface area contributed by atoms with E-state index >= 15 is 0 Å². The SMILES string of the molecule is CC(C)C1=C2[C@H]3CC[C@@H]4[C@@]5(C)CCC(OC(=O)CC(C)(C)C(=O)O)C(C)(C)[C@@H]5CC[C@@]4(C)[C@]3(C)CC[C@@]2([C@H]2CN(Cc3ccc(Cl)cc3)C(=O)CN2C)CC1=O. The largest absolute Gasteiger partial charge is 0.481 e.